The first-order valence-corrected chi connectivity index (χ1v) is 7.31. The van der Waals surface area contributed by atoms with Gasteiger partial charge in [-0.2, -0.15) is 0 Å². The summed E-state index contributed by atoms with van der Waals surface area (Å²) in [6.07, 6.45) is 1.92. The molecule has 0 atom stereocenters. The highest BCUT2D eigenvalue weighted by molar-refractivity contribution is 5.93. The Bertz CT molecular complexity index is 878. The van der Waals surface area contributed by atoms with Gasteiger partial charge in [-0.1, -0.05) is 42.5 Å². The molecule has 0 aliphatic rings. The van der Waals surface area contributed by atoms with Crippen molar-refractivity contribution in [1.29, 1.82) is 0 Å². The van der Waals surface area contributed by atoms with Crippen LogP contribution in [0.3, 0.4) is 0 Å². The highest BCUT2D eigenvalue weighted by atomic mass is 16.6. The molecule has 114 valence electrons. The Labute approximate surface area is 134 Å². The lowest BCUT2D eigenvalue weighted by Gasteiger charge is -2.08. The molecule has 0 aliphatic heterocycles. The Balaban J connectivity index is 1.85. The van der Waals surface area contributed by atoms with Gasteiger partial charge in [0.1, 0.15) is 0 Å². The first-order chi connectivity index (χ1) is 11.1. The number of nitro groups is 1. The predicted molar refractivity (Wildman–Crippen MR) is 94.3 cm³/mol. The standard InChI is InChI=1S/C19H16N2O2/c1-14(13-20-16-9-11-17(12-10-16)21(22)23)18-8-4-6-15-5-2-3-7-19(15)18/h2-13,20H,1H3/b14-13+. The minimum absolute atomic E-state index is 0.0882. The number of fused-ring (bicyclic) bond motifs is 1. The minimum atomic E-state index is -0.402. The first-order valence-electron chi connectivity index (χ1n) is 7.31. The van der Waals surface area contributed by atoms with Crippen molar-refractivity contribution >= 4 is 27.7 Å². The van der Waals surface area contributed by atoms with Gasteiger partial charge < -0.3 is 5.32 Å². The van der Waals surface area contributed by atoms with Gasteiger partial charge in [0.2, 0.25) is 0 Å². The van der Waals surface area contributed by atoms with Crippen LogP contribution in [0.2, 0.25) is 0 Å². The van der Waals surface area contributed by atoms with Gasteiger partial charge in [-0.25, -0.2) is 0 Å². The largest absolute Gasteiger partial charge is 0.361 e. The van der Waals surface area contributed by atoms with Gasteiger partial charge in [-0.15, -0.1) is 0 Å². The summed E-state index contributed by atoms with van der Waals surface area (Å²) in [7, 11) is 0. The lowest BCUT2D eigenvalue weighted by molar-refractivity contribution is -0.384. The van der Waals surface area contributed by atoms with E-state index < -0.39 is 4.92 Å². The molecule has 0 saturated heterocycles. The molecule has 0 saturated carbocycles. The SMILES string of the molecule is C/C(=C\Nc1ccc([N+](=O)[O-])cc1)c1cccc2ccccc12. The van der Waals surface area contributed by atoms with Crippen LogP contribution in [0.5, 0.6) is 0 Å². The number of nitrogens with zero attached hydrogens (tertiary/aromatic N) is 1. The van der Waals surface area contributed by atoms with Crippen LogP contribution in [0.15, 0.2) is 72.9 Å². The lowest BCUT2D eigenvalue weighted by Crippen LogP contribution is -1.92. The number of hydrogen-bond acceptors (Lipinski definition) is 3. The molecule has 23 heavy (non-hydrogen) atoms. The summed E-state index contributed by atoms with van der Waals surface area (Å²) in [6.45, 7) is 2.04. The molecule has 0 spiro atoms. The van der Waals surface area contributed by atoms with Crippen LogP contribution in [0.4, 0.5) is 11.4 Å². The fourth-order valence-electron chi connectivity index (χ4n) is 2.52. The number of nitro benzene ring substituents is 1. The van der Waals surface area contributed by atoms with E-state index in [9.17, 15) is 10.1 Å². The molecule has 0 amide bonds. The fourth-order valence-corrected chi connectivity index (χ4v) is 2.52. The van der Waals surface area contributed by atoms with Crippen molar-refractivity contribution < 1.29 is 4.92 Å². The van der Waals surface area contributed by atoms with Crippen LogP contribution in [0.1, 0.15) is 12.5 Å². The van der Waals surface area contributed by atoms with E-state index in [0.29, 0.717) is 0 Å². The molecule has 4 heteroatoms. The maximum absolute atomic E-state index is 10.7. The van der Waals surface area contributed by atoms with Gasteiger partial charge in [0.15, 0.2) is 0 Å². The van der Waals surface area contributed by atoms with Crippen molar-refractivity contribution in [2.75, 3.05) is 5.32 Å². The van der Waals surface area contributed by atoms with Crippen molar-refractivity contribution in [3.05, 3.63) is 88.6 Å². The monoisotopic (exact) mass is 304 g/mol. The molecular formula is C19H16N2O2. The topological polar surface area (TPSA) is 55.2 Å². The molecule has 0 fully saturated rings. The summed E-state index contributed by atoms with van der Waals surface area (Å²) in [6, 6.07) is 20.9. The van der Waals surface area contributed by atoms with Gasteiger partial charge in [0.05, 0.1) is 4.92 Å². The Morgan fingerprint density at radius 2 is 1.70 bits per heavy atom. The van der Waals surface area contributed by atoms with E-state index in [4.69, 9.17) is 0 Å². The summed E-state index contributed by atoms with van der Waals surface area (Å²) in [4.78, 5) is 10.3. The fraction of sp³-hybridized carbons (Fsp3) is 0.0526. The predicted octanol–water partition coefficient (Wildman–Crippen LogP) is 5.22. The van der Waals surface area contributed by atoms with Crippen LogP contribution >= 0.6 is 0 Å². The maximum Gasteiger partial charge on any atom is 0.269 e. The number of rotatable bonds is 4. The zero-order valence-electron chi connectivity index (χ0n) is 12.7. The molecule has 3 aromatic rings. The highest BCUT2D eigenvalue weighted by Gasteiger charge is 2.04. The minimum Gasteiger partial charge on any atom is -0.361 e. The molecule has 3 rings (SSSR count). The van der Waals surface area contributed by atoms with Crippen LogP contribution < -0.4 is 5.32 Å². The third-order valence-electron chi connectivity index (χ3n) is 3.75. The van der Waals surface area contributed by atoms with E-state index >= 15 is 0 Å². The maximum atomic E-state index is 10.7. The van der Waals surface area contributed by atoms with Crippen molar-refractivity contribution in [2.45, 2.75) is 6.92 Å². The van der Waals surface area contributed by atoms with Gasteiger partial charge in [-0.05, 0) is 41.0 Å². The molecule has 1 N–H and O–H groups in total. The smallest absolute Gasteiger partial charge is 0.269 e. The average molecular weight is 304 g/mol. The zero-order valence-corrected chi connectivity index (χ0v) is 12.7. The van der Waals surface area contributed by atoms with E-state index in [-0.39, 0.29) is 5.69 Å². The zero-order chi connectivity index (χ0) is 16.2. The number of hydrogen-bond donors (Lipinski definition) is 1. The normalized spacial score (nSPS) is 11.4. The molecule has 0 unspecified atom stereocenters. The van der Waals surface area contributed by atoms with E-state index in [1.54, 1.807) is 12.1 Å². The van der Waals surface area contributed by atoms with Gasteiger partial charge >= 0.3 is 0 Å². The van der Waals surface area contributed by atoms with Crippen LogP contribution in [-0.4, -0.2) is 4.92 Å². The molecule has 0 heterocycles. The Morgan fingerprint density at radius 3 is 2.43 bits per heavy atom. The summed E-state index contributed by atoms with van der Waals surface area (Å²) in [5.41, 5.74) is 3.16. The van der Waals surface area contributed by atoms with E-state index in [1.807, 2.05) is 31.3 Å². The first kappa shape index (κ1) is 14.8. The number of non-ortho nitro benzene ring substituents is 1. The van der Waals surface area contributed by atoms with E-state index in [0.717, 1.165) is 16.8 Å². The number of anilines is 1. The quantitative estimate of drug-likeness (QED) is 0.531. The molecule has 0 aliphatic carbocycles. The third-order valence-corrected chi connectivity index (χ3v) is 3.75. The third kappa shape index (κ3) is 3.21. The molecule has 4 nitrogen and oxygen atoms in total. The average Bonchev–Trinajstić information content (AvgIpc) is 2.59. The number of allylic oxidation sites excluding steroid dienone is 1. The molecule has 0 bridgehead atoms. The number of benzene rings is 3. The van der Waals surface area contributed by atoms with Crippen molar-refractivity contribution in [3.63, 3.8) is 0 Å². The Morgan fingerprint density at radius 1 is 1.00 bits per heavy atom. The second-order valence-electron chi connectivity index (χ2n) is 5.30. The molecular weight excluding hydrogens is 288 g/mol. The number of nitrogens with one attached hydrogen (secondary N) is 1. The van der Waals surface area contributed by atoms with Gasteiger partial charge in [-0.3, -0.25) is 10.1 Å². The molecule has 3 aromatic carbocycles. The molecule has 0 radical (unpaired) electrons. The van der Waals surface area contributed by atoms with Crippen LogP contribution in [0, 0.1) is 10.1 Å². The summed E-state index contributed by atoms with van der Waals surface area (Å²) in [5.74, 6) is 0. The highest BCUT2D eigenvalue weighted by Crippen LogP contribution is 2.25. The van der Waals surface area contributed by atoms with Gasteiger partial charge in [0.25, 0.3) is 5.69 Å². The van der Waals surface area contributed by atoms with Crippen LogP contribution in [-0.2, 0) is 0 Å². The van der Waals surface area contributed by atoms with Crippen LogP contribution in [0.25, 0.3) is 16.3 Å². The van der Waals surface area contributed by atoms with Crippen molar-refractivity contribution in [2.24, 2.45) is 0 Å². The second-order valence-corrected chi connectivity index (χ2v) is 5.30. The van der Waals surface area contributed by atoms with Gasteiger partial charge in [0, 0.05) is 24.0 Å². The summed E-state index contributed by atoms with van der Waals surface area (Å²) >= 11 is 0. The van der Waals surface area contributed by atoms with Crippen molar-refractivity contribution in [3.8, 4) is 0 Å². The van der Waals surface area contributed by atoms with Crippen molar-refractivity contribution in [1.82, 2.24) is 0 Å². The molecule has 0 aromatic heterocycles. The van der Waals surface area contributed by atoms with E-state index in [1.165, 1.54) is 22.9 Å². The summed E-state index contributed by atoms with van der Waals surface area (Å²) in [5, 5.41) is 16.3. The lowest BCUT2D eigenvalue weighted by atomic mass is 10.00. The van der Waals surface area contributed by atoms with E-state index in [2.05, 4.69) is 29.6 Å². The second kappa shape index (κ2) is 6.32. The Kier molecular flexibility index (Phi) is 4.06. The Hall–Kier alpha value is -3.14. The summed E-state index contributed by atoms with van der Waals surface area (Å²) < 4.78 is 0.